The average molecular weight is 207 g/mol. The molecule has 2 rings (SSSR count). The second kappa shape index (κ2) is 4.03. The van der Waals surface area contributed by atoms with Crippen LogP contribution in [0.15, 0.2) is 42.2 Å². The first-order valence-electron chi connectivity index (χ1n) is 5.05. The summed E-state index contributed by atoms with van der Waals surface area (Å²) in [5.41, 5.74) is 4.41. The predicted molar refractivity (Wildman–Crippen MR) is 56.9 cm³/mol. The van der Waals surface area contributed by atoms with Gasteiger partial charge in [-0.25, -0.2) is 4.39 Å². The molecule has 1 aromatic carbocycles. The van der Waals surface area contributed by atoms with Crippen molar-refractivity contribution in [2.45, 2.75) is 12.1 Å². The lowest BCUT2D eigenvalue weighted by molar-refractivity contribution is 0.107. The highest BCUT2D eigenvalue weighted by Crippen LogP contribution is 2.35. The van der Waals surface area contributed by atoms with Gasteiger partial charge in [-0.1, -0.05) is 30.3 Å². The molecule has 0 amide bonds. The molecule has 80 valence electrons. The molecule has 1 aliphatic heterocycles. The van der Waals surface area contributed by atoms with Gasteiger partial charge < -0.3 is 10.5 Å². The minimum atomic E-state index is -1.67. The fraction of sp³-hybridized carbons (Fsp3) is 0.333. The van der Waals surface area contributed by atoms with E-state index in [1.807, 2.05) is 6.07 Å². The van der Waals surface area contributed by atoms with E-state index in [2.05, 4.69) is 0 Å². The molecule has 1 atom stereocenters. The van der Waals surface area contributed by atoms with Crippen molar-refractivity contribution < 1.29 is 9.13 Å². The minimum Gasteiger partial charge on any atom is -0.494 e. The average Bonchev–Trinajstić information content (AvgIpc) is 2.83. The largest absolute Gasteiger partial charge is 0.494 e. The third kappa shape index (κ3) is 1.75. The highest BCUT2D eigenvalue weighted by atomic mass is 19.1. The summed E-state index contributed by atoms with van der Waals surface area (Å²) >= 11 is 0. The van der Waals surface area contributed by atoms with Crippen LogP contribution in [0.3, 0.4) is 0 Å². The van der Waals surface area contributed by atoms with Crippen LogP contribution in [0, 0.1) is 0 Å². The van der Waals surface area contributed by atoms with Gasteiger partial charge in [-0.3, -0.25) is 0 Å². The van der Waals surface area contributed by atoms with Crippen LogP contribution in [0.5, 0.6) is 0 Å². The van der Waals surface area contributed by atoms with E-state index in [0.29, 0.717) is 17.9 Å². The van der Waals surface area contributed by atoms with Crippen molar-refractivity contribution >= 4 is 0 Å². The summed E-state index contributed by atoms with van der Waals surface area (Å²) in [6.07, 6.45) is 2.54. The van der Waals surface area contributed by atoms with E-state index in [9.17, 15) is 4.39 Å². The van der Waals surface area contributed by atoms with E-state index in [1.165, 1.54) is 0 Å². The molecule has 0 aromatic heterocycles. The normalized spacial score (nSPS) is 19.2. The topological polar surface area (TPSA) is 35.2 Å². The zero-order valence-electron chi connectivity index (χ0n) is 8.45. The molecule has 1 aromatic rings. The number of benzene rings is 1. The van der Waals surface area contributed by atoms with Crippen LogP contribution in [0.4, 0.5) is 4.39 Å². The molecular weight excluding hydrogens is 193 g/mol. The number of hydrogen-bond acceptors (Lipinski definition) is 2. The van der Waals surface area contributed by atoms with Gasteiger partial charge in [0.15, 0.2) is 0 Å². The molecule has 1 aliphatic rings. The first kappa shape index (κ1) is 10.2. The van der Waals surface area contributed by atoms with E-state index in [-0.39, 0.29) is 6.54 Å². The van der Waals surface area contributed by atoms with Crippen molar-refractivity contribution in [3.8, 4) is 0 Å². The number of rotatable bonds is 3. The number of hydrogen-bond donors (Lipinski definition) is 1. The van der Waals surface area contributed by atoms with Gasteiger partial charge in [0.2, 0.25) is 5.67 Å². The first-order valence-corrected chi connectivity index (χ1v) is 5.05. The Balaban J connectivity index is 2.37. The Labute approximate surface area is 88.5 Å². The van der Waals surface area contributed by atoms with Gasteiger partial charge >= 0.3 is 0 Å². The zero-order chi connectivity index (χ0) is 10.7. The molecular formula is C12H14FNO. The van der Waals surface area contributed by atoms with Crippen LogP contribution in [0.1, 0.15) is 12.0 Å². The molecule has 0 saturated heterocycles. The van der Waals surface area contributed by atoms with E-state index in [0.717, 1.165) is 6.42 Å². The minimum absolute atomic E-state index is 0.0944. The maximum atomic E-state index is 14.6. The van der Waals surface area contributed by atoms with Crippen molar-refractivity contribution in [3.63, 3.8) is 0 Å². The van der Waals surface area contributed by atoms with Crippen LogP contribution < -0.4 is 5.73 Å². The standard InChI is InChI=1S/C12H14FNO/c13-12(9-14,11-7-4-8-15-11)10-5-2-1-3-6-10/h1-3,5-7H,4,8-9,14H2. The molecule has 0 aliphatic carbocycles. The summed E-state index contributed by atoms with van der Waals surface area (Å²) < 4.78 is 19.9. The Morgan fingerprint density at radius 1 is 1.33 bits per heavy atom. The predicted octanol–water partition coefficient (Wildman–Crippen LogP) is 2.11. The van der Waals surface area contributed by atoms with Gasteiger partial charge in [0, 0.05) is 13.0 Å². The summed E-state index contributed by atoms with van der Waals surface area (Å²) in [6, 6.07) is 8.92. The van der Waals surface area contributed by atoms with E-state index < -0.39 is 5.67 Å². The Morgan fingerprint density at radius 2 is 2.07 bits per heavy atom. The van der Waals surface area contributed by atoms with Crippen LogP contribution in [-0.4, -0.2) is 13.2 Å². The number of halogens is 1. The van der Waals surface area contributed by atoms with Gasteiger partial charge in [-0.2, -0.15) is 0 Å². The van der Waals surface area contributed by atoms with Gasteiger partial charge in [-0.05, 0) is 11.6 Å². The van der Waals surface area contributed by atoms with Gasteiger partial charge in [0.25, 0.3) is 0 Å². The van der Waals surface area contributed by atoms with Crippen molar-refractivity contribution in [1.82, 2.24) is 0 Å². The zero-order valence-corrected chi connectivity index (χ0v) is 8.45. The second-order valence-corrected chi connectivity index (χ2v) is 3.58. The van der Waals surface area contributed by atoms with Crippen molar-refractivity contribution in [3.05, 3.63) is 47.7 Å². The highest BCUT2D eigenvalue weighted by molar-refractivity contribution is 5.32. The van der Waals surface area contributed by atoms with Crippen LogP contribution in [0.25, 0.3) is 0 Å². The molecule has 3 heteroatoms. The molecule has 0 bridgehead atoms. The number of ether oxygens (including phenoxy) is 1. The van der Waals surface area contributed by atoms with Crippen molar-refractivity contribution in [2.75, 3.05) is 13.2 Å². The Kier molecular flexibility index (Phi) is 2.73. The maximum Gasteiger partial charge on any atom is 0.204 e. The fourth-order valence-electron chi connectivity index (χ4n) is 1.76. The molecule has 1 unspecified atom stereocenters. The van der Waals surface area contributed by atoms with Crippen molar-refractivity contribution in [2.24, 2.45) is 5.73 Å². The third-order valence-electron chi connectivity index (χ3n) is 2.61. The summed E-state index contributed by atoms with van der Waals surface area (Å²) in [5.74, 6) is 0.358. The highest BCUT2D eigenvalue weighted by Gasteiger charge is 2.37. The Hall–Kier alpha value is -1.35. The van der Waals surface area contributed by atoms with Crippen molar-refractivity contribution in [1.29, 1.82) is 0 Å². The van der Waals surface area contributed by atoms with Gasteiger partial charge in [0.05, 0.1) is 6.61 Å². The molecule has 0 spiro atoms. The van der Waals surface area contributed by atoms with E-state index >= 15 is 0 Å². The molecule has 0 radical (unpaired) electrons. The Bertz CT molecular complexity index is 363. The van der Waals surface area contributed by atoms with Crippen LogP contribution in [-0.2, 0) is 10.4 Å². The smallest absolute Gasteiger partial charge is 0.204 e. The summed E-state index contributed by atoms with van der Waals surface area (Å²) in [6.45, 7) is 0.455. The SMILES string of the molecule is NCC(F)(C1=CCCO1)c1ccccc1. The molecule has 0 fully saturated rings. The number of nitrogens with two attached hydrogens (primary N) is 1. The number of alkyl halides is 1. The monoisotopic (exact) mass is 207 g/mol. The van der Waals surface area contributed by atoms with E-state index in [1.54, 1.807) is 30.3 Å². The summed E-state index contributed by atoms with van der Waals surface area (Å²) in [7, 11) is 0. The molecule has 2 N–H and O–H groups in total. The molecule has 2 nitrogen and oxygen atoms in total. The molecule has 1 heterocycles. The Morgan fingerprint density at radius 3 is 2.60 bits per heavy atom. The lowest BCUT2D eigenvalue weighted by Crippen LogP contribution is -2.32. The lowest BCUT2D eigenvalue weighted by Gasteiger charge is -2.24. The van der Waals surface area contributed by atoms with Gasteiger partial charge in [0.1, 0.15) is 5.76 Å². The van der Waals surface area contributed by atoms with Crippen LogP contribution in [0.2, 0.25) is 0 Å². The second-order valence-electron chi connectivity index (χ2n) is 3.58. The van der Waals surface area contributed by atoms with E-state index in [4.69, 9.17) is 10.5 Å². The quantitative estimate of drug-likeness (QED) is 0.824. The molecule has 0 saturated carbocycles. The van der Waals surface area contributed by atoms with Crippen LogP contribution >= 0.6 is 0 Å². The van der Waals surface area contributed by atoms with Gasteiger partial charge in [-0.15, -0.1) is 0 Å². The summed E-state index contributed by atoms with van der Waals surface area (Å²) in [4.78, 5) is 0. The lowest BCUT2D eigenvalue weighted by atomic mass is 9.93. The first-order chi connectivity index (χ1) is 7.27. The summed E-state index contributed by atoms with van der Waals surface area (Å²) in [5, 5.41) is 0. The molecule has 15 heavy (non-hydrogen) atoms. The third-order valence-corrected chi connectivity index (χ3v) is 2.61. The maximum absolute atomic E-state index is 14.6. The fourth-order valence-corrected chi connectivity index (χ4v) is 1.76.